The van der Waals surface area contributed by atoms with Crippen LogP contribution in [0.25, 0.3) is 0 Å². The number of thioether (sulfide) groups is 1. The van der Waals surface area contributed by atoms with E-state index in [-0.39, 0.29) is 0 Å². The van der Waals surface area contributed by atoms with Crippen LogP contribution < -0.4 is 4.90 Å². The molecule has 0 spiro atoms. The monoisotopic (exact) mass is 275 g/mol. The molecule has 1 saturated heterocycles. The van der Waals surface area contributed by atoms with E-state index in [0.717, 1.165) is 24.8 Å². The average molecular weight is 275 g/mol. The van der Waals surface area contributed by atoms with Crippen molar-refractivity contribution < 1.29 is 0 Å². The average Bonchev–Trinajstić information content (AvgIpc) is 3.22. The molecule has 2 saturated carbocycles. The fourth-order valence-electron chi connectivity index (χ4n) is 2.86. The number of aromatic nitrogens is 2. The Hall–Kier alpha value is -0.770. The summed E-state index contributed by atoms with van der Waals surface area (Å²) in [6, 6.07) is 2.28. The summed E-state index contributed by atoms with van der Waals surface area (Å²) in [6.45, 7) is 2.30. The molecule has 0 atom stereocenters. The van der Waals surface area contributed by atoms with Crippen LogP contribution in [0.3, 0.4) is 0 Å². The highest BCUT2D eigenvalue weighted by atomic mass is 32.2. The molecule has 2 heterocycles. The van der Waals surface area contributed by atoms with Gasteiger partial charge in [-0.1, -0.05) is 6.42 Å². The fraction of sp³-hybridized carbons (Fsp3) is 0.733. The second kappa shape index (κ2) is 4.97. The third-order valence-electron chi connectivity index (χ3n) is 4.55. The number of rotatable bonds is 3. The summed E-state index contributed by atoms with van der Waals surface area (Å²) in [5.41, 5.74) is 1.33. The first-order valence-electron chi connectivity index (χ1n) is 7.62. The van der Waals surface area contributed by atoms with Crippen LogP contribution in [0.5, 0.6) is 0 Å². The van der Waals surface area contributed by atoms with Gasteiger partial charge in [-0.2, -0.15) is 11.8 Å². The summed E-state index contributed by atoms with van der Waals surface area (Å²) in [5, 5.41) is 0. The Bertz CT molecular complexity index is 462. The zero-order valence-corrected chi connectivity index (χ0v) is 12.2. The van der Waals surface area contributed by atoms with Crippen LogP contribution in [-0.4, -0.2) is 34.6 Å². The number of nitrogens with zero attached hydrogens (tertiary/aromatic N) is 3. The van der Waals surface area contributed by atoms with Gasteiger partial charge in [0.2, 0.25) is 0 Å². The third kappa shape index (κ3) is 2.47. The Morgan fingerprint density at radius 2 is 1.79 bits per heavy atom. The van der Waals surface area contributed by atoms with Crippen LogP contribution in [0.1, 0.15) is 55.5 Å². The molecule has 1 aromatic heterocycles. The van der Waals surface area contributed by atoms with Crippen LogP contribution in [0, 0.1) is 0 Å². The molecule has 2 aliphatic carbocycles. The van der Waals surface area contributed by atoms with Gasteiger partial charge in [-0.3, -0.25) is 0 Å². The number of hydrogen-bond acceptors (Lipinski definition) is 4. The van der Waals surface area contributed by atoms with E-state index in [1.54, 1.807) is 0 Å². The summed E-state index contributed by atoms with van der Waals surface area (Å²) in [4.78, 5) is 12.2. The van der Waals surface area contributed by atoms with Crippen molar-refractivity contribution >= 4 is 17.6 Å². The minimum Gasteiger partial charge on any atom is -0.355 e. The van der Waals surface area contributed by atoms with Crippen molar-refractivity contribution in [1.29, 1.82) is 0 Å². The maximum Gasteiger partial charge on any atom is 0.134 e. The molecule has 0 radical (unpaired) electrons. The third-order valence-corrected chi connectivity index (χ3v) is 5.49. The predicted molar refractivity (Wildman–Crippen MR) is 80.1 cm³/mol. The molecule has 4 heteroatoms. The summed E-state index contributed by atoms with van der Waals surface area (Å²) in [7, 11) is 0. The van der Waals surface area contributed by atoms with Crippen molar-refractivity contribution in [1.82, 2.24) is 9.97 Å². The second-order valence-corrected chi connectivity index (χ2v) is 7.24. The minimum atomic E-state index is 0.665. The maximum absolute atomic E-state index is 4.87. The van der Waals surface area contributed by atoms with Crippen molar-refractivity contribution in [3.05, 3.63) is 17.6 Å². The lowest BCUT2D eigenvalue weighted by Gasteiger charge is -2.30. The van der Waals surface area contributed by atoms with Gasteiger partial charge in [0.05, 0.1) is 0 Å². The zero-order valence-electron chi connectivity index (χ0n) is 11.3. The summed E-state index contributed by atoms with van der Waals surface area (Å²) in [5.74, 6) is 6.20. The van der Waals surface area contributed by atoms with Gasteiger partial charge >= 0.3 is 0 Å². The van der Waals surface area contributed by atoms with Crippen molar-refractivity contribution in [2.45, 2.75) is 43.9 Å². The Labute approximate surface area is 119 Å². The van der Waals surface area contributed by atoms with Gasteiger partial charge < -0.3 is 4.90 Å². The Morgan fingerprint density at radius 1 is 1.00 bits per heavy atom. The van der Waals surface area contributed by atoms with Gasteiger partial charge in [-0.15, -0.1) is 0 Å². The molecule has 0 unspecified atom stereocenters. The Balaban J connectivity index is 1.65. The van der Waals surface area contributed by atoms with Gasteiger partial charge in [0, 0.05) is 48.2 Å². The first kappa shape index (κ1) is 12.0. The number of anilines is 1. The summed E-state index contributed by atoms with van der Waals surface area (Å²) < 4.78 is 0. The van der Waals surface area contributed by atoms with Gasteiger partial charge in [-0.05, 0) is 25.7 Å². The highest BCUT2D eigenvalue weighted by Gasteiger charge is 2.30. The lowest BCUT2D eigenvalue weighted by Crippen LogP contribution is -2.33. The molecule has 0 aromatic carbocycles. The van der Waals surface area contributed by atoms with Crippen molar-refractivity contribution in [2.75, 3.05) is 29.5 Å². The predicted octanol–water partition coefficient (Wildman–Crippen LogP) is 3.17. The molecular weight excluding hydrogens is 254 g/mol. The maximum atomic E-state index is 4.87. The molecule has 19 heavy (non-hydrogen) atoms. The largest absolute Gasteiger partial charge is 0.355 e. The molecule has 1 aliphatic heterocycles. The molecule has 0 amide bonds. The minimum absolute atomic E-state index is 0.665. The number of hydrogen-bond donors (Lipinski definition) is 0. The molecule has 3 aliphatic rings. The van der Waals surface area contributed by atoms with E-state index in [2.05, 4.69) is 22.7 Å². The lowest BCUT2D eigenvalue weighted by atomic mass is 9.83. The fourth-order valence-corrected chi connectivity index (χ4v) is 3.77. The molecule has 3 nitrogen and oxygen atoms in total. The standard InChI is InChI=1S/C15H21N3S/c1-2-11(3-1)13-10-14(18-6-8-19-9-7-18)17-15(16-13)12-4-5-12/h10-12H,1-9H2. The van der Waals surface area contributed by atoms with Crippen LogP contribution in [0.2, 0.25) is 0 Å². The topological polar surface area (TPSA) is 29.0 Å². The molecule has 0 N–H and O–H groups in total. The molecule has 3 fully saturated rings. The highest BCUT2D eigenvalue weighted by Crippen LogP contribution is 2.41. The van der Waals surface area contributed by atoms with Crippen LogP contribution in [-0.2, 0) is 0 Å². The normalized spacial score (nSPS) is 24.3. The van der Waals surface area contributed by atoms with Gasteiger partial charge in [-0.25, -0.2) is 9.97 Å². The van der Waals surface area contributed by atoms with Crippen LogP contribution in [0.15, 0.2) is 6.07 Å². The molecular formula is C15H21N3S. The first-order chi connectivity index (χ1) is 9.40. The Kier molecular flexibility index (Phi) is 3.14. The van der Waals surface area contributed by atoms with Crippen molar-refractivity contribution in [2.24, 2.45) is 0 Å². The van der Waals surface area contributed by atoms with E-state index in [0.29, 0.717) is 5.92 Å². The first-order valence-corrected chi connectivity index (χ1v) is 8.77. The van der Waals surface area contributed by atoms with E-state index >= 15 is 0 Å². The van der Waals surface area contributed by atoms with E-state index in [1.165, 1.54) is 55.1 Å². The molecule has 102 valence electrons. The second-order valence-electron chi connectivity index (χ2n) is 6.01. The van der Waals surface area contributed by atoms with Gasteiger partial charge in [0.1, 0.15) is 11.6 Å². The van der Waals surface area contributed by atoms with Gasteiger partial charge in [0.15, 0.2) is 0 Å². The zero-order chi connectivity index (χ0) is 12.7. The molecule has 0 bridgehead atoms. The smallest absolute Gasteiger partial charge is 0.134 e. The van der Waals surface area contributed by atoms with E-state index in [4.69, 9.17) is 9.97 Å². The lowest BCUT2D eigenvalue weighted by molar-refractivity contribution is 0.409. The SMILES string of the molecule is c1c(C2CCC2)nc(C2CC2)nc1N1CCSCC1. The van der Waals surface area contributed by atoms with Crippen LogP contribution in [0.4, 0.5) is 5.82 Å². The van der Waals surface area contributed by atoms with Crippen molar-refractivity contribution in [3.8, 4) is 0 Å². The van der Waals surface area contributed by atoms with Crippen molar-refractivity contribution in [3.63, 3.8) is 0 Å². The molecule has 4 rings (SSSR count). The van der Waals surface area contributed by atoms with E-state index in [9.17, 15) is 0 Å². The van der Waals surface area contributed by atoms with Crippen LogP contribution >= 0.6 is 11.8 Å². The molecule has 1 aromatic rings. The summed E-state index contributed by atoms with van der Waals surface area (Å²) in [6.07, 6.45) is 6.63. The summed E-state index contributed by atoms with van der Waals surface area (Å²) >= 11 is 2.06. The van der Waals surface area contributed by atoms with E-state index < -0.39 is 0 Å². The highest BCUT2D eigenvalue weighted by molar-refractivity contribution is 7.99. The quantitative estimate of drug-likeness (QED) is 0.847. The van der Waals surface area contributed by atoms with E-state index in [1.807, 2.05) is 0 Å². The van der Waals surface area contributed by atoms with Gasteiger partial charge in [0.25, 0.3) is 0 Å². The Morgan fingerprint density at radius 3 is 2.42 bits per heavy atom.